The number of para-hydroxylation sites is 2. The summed E-state index contributed by atoms with van der Waals surface area (Å²) in [4.78, 5) is 24.4. The van der Waals surface area contributed by atoms with Crippen LogP contribution in [0.15, 0.2) is 91.0 Å². The minimum absolute atomic E-state index is 0.104. The predicted octanol–water partition coefficient (Wildman–Crippen LogP) is 3.45. The quantitative estimate of drug-likeness (QED) is 0.422. The van der Waals surface area contributed by atoms with Crippen LogP contribution in [-0.2, 0) is 0 Å². The van der Waals surface area contributed by atoms with Gasteiger partial charge in [0.05, 0.1) is 12.2 Å². The van der Waals surface area contributed by atoms with Crippen molar-refractivity contribution in [2.24, 2.45) is 5.73 Å². The van der Waals surface area contributed by atoms with Gasteiger partial charge in [-0.15, -0.1) is 0 Å². The van der Waals surface area contributed by atoms with Crippen molar-refractivity contribution in [3.05, 3.63) is 102 Å². The van der Waals surface area contributed by atoms with E-state index in [0.717, 1.165) is 16.9 Å². The van der Waals surface area contributed by atoms with E-state index < -0.39 is 11.8 Å². The van der Waals surface area contributed by atoms with Crippen molar-refractivity contribution in [1.29, 1.82) is 0 Å². The van der Waals surface area contributed by atoms with Gasteiger partial charge in [0.1, 0.15) is 18.1 Å². The van der Waals surface area contributed by atoms with Crippen LogP contribution in [0.2, 0.25) is 0 Å². The van der Waals surface area contributed by atoms with Crippen molar-refractivity contribution in [2.45, 2.75) is 0 Å². The first-order valence-electron chi connectivity index (χ1n) is 10.1. The molecule has 2 amide bonds. The van der Waals surface area contributed by atoms with Gasteiger partial charge < -0.3 is 15.8 Å². The van der Waals surface area contributed by atoms with Crippen LogP contribution in [0.5, 0.6) is 5.75 Å². The molecule has 0 aliphatic rings. The zero-order chi connectivity index (χ0) is 22.3. The van der Waals surface area contributed by atoms with E-state index in [2.05, 4.69) is 10.4 Å². The molecule has 1 heterocycles. The Balaban J connectivity index is 1.40. The summed E-state index contributed by atoms with van der Waals surface area (Å²) in [5.74, 6) is -0.347. The molecular formula is C25H22N4O3. The second-order valence-electron chi connectivity index (χ2n) is 6.99. The van der Waals surface area contributed by atoms with E-state index in [-0.39, 0.29) is 24.5 Å². The third-order valence-corrected chi connectivity index (χ3v) is 4.81. The lowest BCUT2D eigenvalue weighted by Gasteiger charge is -2.12. The Bertz CT molecular complexity index is 1220. The molecule has 0 aliphatic carbocycles. The predicted molar refractivity (Wildman–Crippen MR) is 122 cm³/mol. The molecule has 0 spiro atoms. The number of nitrogens with zero attached hydrogens (tertiary/aromatic N) is 2. The van der Waals surface area contributed by atoms with Gasteiger partial charge in [0.15, 0.2) is 5.69 Å². The maximum atomic E-state index is 12.6. The van der Waals surface area contributed by atoms with Gasteiger partial charge in [-0.25, -0.2) is 4.68 Å². The second-order valence-corrected chi connectivity index (χ2v) is 6.99. The van der Waals surface area contributed by atoms with Gasteiger partial charge >= 0.3 is 0 Å². The van der Waals surface area contributed by atoms with Crippen LogP contribution in [0.1, 0.15) is 21.0 Å². The van der Waals surface area contributed by atoms with Gasteiger partial charge in [0.2, 0.25) is 0 Å². The zero-order valence-electron chi connectivity index (χ0n) is 17.3. The van der Waals surface area contributed by atoms with E-state index in [1.165, 1.54) is 10.7 Å². The Morgan fingerprint density at radius 2 is 1.56 bits per heavy atom. The highest BCUT2D eigenvalue weighted by molar-refractivity contribution is 5.97. The van der Waals surface area contributed by atoms with Crippen molar-refractivity contribution in [3.63, 3.8) is 0 Å². The molecule has 0 saturated heterocycles. The highest BCUT2D eigenvalue weighted by Gasteiger charge is 2.18. The number of hydrogen-bond acceptors (Lipinski definition) is 4. The fourth-order valence-corrected chi connectivity index (χ4v) is 3.30. The number of carbonyl (C=O) groups excluding carboxylic acids is 2. The molecule has 4 rings (SSSR count). The molecule has 0 fully saturated rings. The number of nitrogens with two attached hydrogens (primary N) is 1. The number of amides is 2. The topological polar surface area (TPSA) is 99.2 Å². The fourth-order valence-electron chi connectivity index (χ4n) is 3.30. The van der Waals surface area contributed by atoms with E-state index in [1.807, 2.05) is 72.8 Å². The van der Waals surface area contributed by atoms with E-state index in [1.54, 1.807) is 12.1 Å². The standard InChI is InChI=1S/C25H22N4O3/c26-24(30)22-17-21(28-29(22)19-11-5-2-6-12-19)25(31)27-15-16-32-23-14-8-7-13-20(23)18-9-3-1-4-10-18/h1-14,17H,15-16H2,(H2,26,30)(H,27,31). The molecule has 32 heavy (non-hydrogen) atoms. The van der Waals surface area contributed by atoms with Crippen LogP contribution in [-0.4, -0.2) is 34.7 Å². The highest BCUT2D eigenvalue weighted by atomic mass is 16.5. The summed E-state index contributed by atoms with van der Waals surface area (Å²) in [7, 11) is 0. The maximum absolute atomic E-state index is 12.6. The molecule has 0 unspecified atom stereocenters. The molecule has 160 valence electrons. The summed E-state index contributed by atoms with van der Waals surface area (Å²) < 4.78 is 7.26. The van der Waals surface area contributed by atoms with Gasteiger partial charge in [-0.05, 0) is 23.8 Å². The molecule has 0 bridgehead atoms. The van der Waals surface area contributed by atoms with E-state index in [9.17, 15) is 9.59 Å². The van der Waals surface area contributed by atoms with Gasteiger partial charge in [-0.3, -0.25) is 9.59 Å². The SMILES string of the molecule is NC(=O)c1cc(C(=O)NCCOc2ccccc2-c2ccccc2)nn1-c1ccccc1. The molecule has 1 aromatic heterocycles. The monoisotopic (exact) mass is 426 g/mol. The Labute approximate surface area is 185 Å². The van der Waals surface area contributed by atoms with E-state index in [0.29, 0.717) is 5.69 Å². The fraction of sp³-hybridized carbons (Fsp3) is 0.0800. The smallest absolute Gasteiger partial charge is 0.271 e. The van der Waals surface area contributed by atoms with Gasteiger partial charge in [-0.2, -0.15) is 5.10 Å². The number of benzene rings is 3. The van der Waals surface area contributed by atoms with Crippen LogP contribution in [0.4, 0.5) is 0 Å². The van der Waals surface area contributed by atoms with E-state index in [4.69, 9.17) is 10.5 Å². The number of aromatic nitrogens is 2. The number of ether oxygens (including phenoxy) is 1. The summed E-state index contributed by atoms with van der Waals surface area (Å²) >= 11 is 0. The Morgan fingerprint density at radius 3 is 2.28 bits per heavy atom. The first kappa shape index (κ1) is 20.9. The van der Waals surface area contributed by atoms with Crippen LogP contribution >= 0.6 is 0 Å². The van der Waals surface area contributed by atoms with Gasteiger partial charge in [-0.1, -0.05) is 66.7 Å². The largest absolute Gasteiger partial charge is 0.491 e. The maximum Gasteiger partial charge on any atom is 0.271 e. The van der Waals surface area contributed by atoms with Crippen LogP contribution in [0.3, 0.4) is 0 Å². The van der Waals surface area contributed by atoms with Crippen LogP contribution < -0.4 is 15.8 Å². The normalized spacial score (nSPS) is 10.5. The minimum atomic E-state index is -0.666. The van der Waals surface area contributed by atoms with Crippen molar-refractivity contribution in [1.82, 2.24) is 15.1 Å². The van der Waals surface area contributed by atoms with Gasteiger partial charge in [0.25, 0.3) is 11.8 Å². The number of carbonyl (C=O) groups is 2. The molecule has 4 aromatic rings. The molecule has 0 radical (unpaired) electrons. The van der Waals surface area contributed by atoms with Crippen LogP contribution in [0.25, 0.3) is 16.8 Å². The zero-order valence-corrected chi connectivity index (χ0v) is 17.3. The molecule has 0 atom stereocenters. The summed E-state index contributed by atoms with van der Waals surface area (Å²) in [6, 6.07) is 28.1. The van der Waals surface area contributed by atoms with Crippen molar-refractivity contribution < 1.29 is 14.3 Å². The number of hydrogen-bond donors (Lipinski definition) is 2. The summed E-state index contributed by atoms with van der Waals surface area (Å²) in [6.07, 6.45) is 0. The number of primary amides is 1. The third kappa shape index (κ3) is 4.67. The molecule has 0 aliphatic heterocycles. The van der Waals surface area contributed by atoms with Crippen LogP contribution in [0, 0.1) is 0 Å². The minimum Gasteiger partial charge on any atom is -0.491 e. The number of rotatable bonds is 8. The van der Waals surface area contributed by atoms with Gasteiger partial charge in [0, 0.05) is 11.6 Å². The molecule has 7 heteroatoms. The summed E-state index contributed by atoms with van der Waals surface area (Å²) in [5, 5.41) is 7.02. The second kappa shape index (κ2) is 9.61. The Morgan fingerprint density at radius 1 is 0.906 bits per heavy atom. The highest BCUT2D eigenvalue weighted by Crippen LogP contribution is 2.29. The summed E-state index contributed by atoms with van der Waals surface area (Å²) in [5.41, 5.74) is 8.37. The first-order valence-corrected chi connectivity index (χ1v) is 10.1. The lowest BCUT2D eigenvalue weighted by Crippen LogP contribution is -2.28. The molecule has 0 saturated carbocycles. The molecule has 3 aromatic carbocycles. The first-order chi connectivity index (χ1) is 15.6. The Hall–Kier alpha value is -4.39. The van der Waals surface area contributed by atoms with Crippen molar-refractivity contribution in [3.8, 4) is 22.6 Å². The van der Waals surface area contributed by atoms with Crippen molar-refractivity contribution >= 4 is 11.8 Å². The molecular weight excluding hydrogens is 404 g/mol. The average Bonchev–Trinajstić information content (AvgIpc) is 3.29. The lowest BCUT2D eigenvalue weighted by molar-refractivity contribution is 0.0940. The van der Waals surface area contributed by atoms with E-state index >= 15 is 0 Å². The summed E-state index contributed by atoms with van der Waals surface area (Å²) in [6.45, 7) is 0.545. The average molecular weight is 426 g/mol. The molecule has 3 N–H and O–H groups in total. The third-order valence-electron chi connectivity index (χ3n) is 4.81. The number of nitrogens with one attached hydrogen (secondary N) is 1. The van der Waals surface area contributed by atoms with Crippen molar-refractivity contribution in [2.75, 3.05) is 13.2 Å². The molecule has 7 nitrogen and oxygen atoms in total. The lowest BCUT2D eigenvalue weighted by atomic mass is 10.1. The Kier molecular flexibility index (Phi) is 6.27.